The number of aryl methyl sites for hydroxylation is 2. The lowest BCUT2D eigenvalue weighted by Crippen LogP contribution is -1.93. The molecule has 0 unspecified atom stereocenters. The van der Waals surface area contributed by atoms with Crippen molar-refractivity contribution in [3.8, 4) is 6.07 Å². The van der Waals surface area contributed by atoms with Crippen LogP contribution in [0.4, 0.5) is 0 Å². The molecule has 66 valence electrons. The van der Waals surface area contributed by atoms with E-state index in [1.165, 1.54) is 0 Å². The predicted molar refractivity (Wildman–Crippen MR) is 48.3 cm³/mol. The molecule has 2 heterocycles. The summed E-state index contributed by atoms with van der Waals surface area (Å²) in [5, 5.41) is 13.2. The van der Waals surface area contributed by atoms with E-state index in [1.807, 2.05) is 30.8 Å². The topological polar surface area (TPSA) is 46.0 Å². The Morgan fingerprint density at radius 3 is 2.92 bits per heavy atom. The number of hydrogen-bond acceptors (Lipinski definition) is 2. The van der Waals surface area contributed by atoms with Gasteiger partial charge in [0.25, 0.3) is 0 Å². The lowest BCUT2D eigenvalue weighted by Gasteiger charge is -1.95. The molecule has 0 saturated carbocycles. The van der Waals surface area contributed by atoms with Gasteiger partial charge >= 0.3 is 0 Å². The van der Waals surface area contributed by atoms with E-state index in [0.29, 0.717) is 5.56 Å². The maximum Gasteiger partial charge on any atom is 0.154 e. The highest BCUT2D eigenvalue weighted by atomic mass is 15.3. The molecule has 2 aromatic heterocycles. The molecule has 0 bridgehead atoms. The summed E-state index contributed by atoms with van der Waals surface area (Å²) in [6, 6.07) is 2.17. The summed E-state index contributed by atoms with van der Waals surface area (Å²) in [7, 11) is 0. The molecular formula is C9H10N4. The average molecular weight is 174 g/mol. The molecular weight excluding hydrogens is 164 g/mol. The highest BCUT2D eigenvalue weighted by Crippen LogP contribution is 2.14. The number of fused-ring (bicyclic) bond motifs is 1. The van der Waals surface area contributed by atoms with Crippen LogP contribution in [0.5, 0.6) is 0 Å². The van der Waals surface area contributed by atoms with E-state index in [4.69, 9.17) is 5.26 Å². The van der Waals surface area contributed by atoms with Crippen LogP contribution < -0.4 is 0 Å². The number of aromatic nitrogens is 3. The van der Waals surface area contributed by atoms with Gasteiger partial charge in [-0.2, -0.15) is 10.4 Å². The zero-order valence-electron chi connectivity index (χ0n) is 7.65. The number of imidazole rings is 1. The van der Waals surface area contributed by atoms with E-state index >= 15 is 0 Å². The van der Waals surface area contributed by atoms with E-state index in [1.54, 1.807) is 4.52 Å². The van der Waals surface area contributed by atoms with E-state index in [9.17, 15) is 0 Å². The van der Waals surface area contributed by atoms with Crippen molar-refractivity contribution in [2.45, 2.75) is 20.4 Å². The van der Waals surface area contributed by atoms with Gasteiger partial charge in [-0.25, -0.2) is 4.52 Å². The van der Waals surface area contributed by atoms with Crippen LogP contribution in [-0.2, 0) is 6.54 Å². The zero-order chi connectivity index (χ0) is 9.42. The monoisotopic (exact) mass is 174 g/mol. The minimum atomic E-state index is 0.673. The zero-order valence-corrected chi connectivity index (χ0v) is 7.65. The Bertz CT molecular complexity index is 483. The number of nitrogens with zero attached hydrogens (tertiary/aromatic N) is 4. The largest absolute Gasteiger partial charge is 0.331 e. The second-order valence-electron chi connectivity index (χ2n) is 2.92. The van der Waals surface area contributed by atoms with Gasteiger partial charge < -0.3 is 4.57 Å². The molecule has 0 atom stereocenters. The first-order valence-electron chi connectivity index (χ1n) is 4.22. The summed E-state index contributed by atoms with van der Waals surface area (Å²) in [6.45, 7) is 4.76. The molecule has 0 aromatic carbocycles. The van der Waals surface area contributed by atoms with Crippen molar-refractivity contribution in [2.75, 3.05) is 0 Å². The van der Waals surface area contributed by atoms with Crippen LogP contribution in [0.3, 0.4) is 0 Å². The van der Waals surface area contributed by atoms with Crippen LogP contribution in [0.2, 0.25) is 0 Å². The number of nitriles is 1. The van der Waals surface area contributed by atoms with Gasteiger partial charge in [0, 0.05) is 18.9 Å². The van der Waals surface area contributed by atoms with E-state index in [2.05, 4.69) is 11.2 Å². The Kier molecular flexibility index (Phi) is 1.59. The summed E-state index contributed by atoms with van der Waals surface area (Å²) in [5.74, 6) is 0. The molecule has 0 spiro atoms. The molecule has 2 aromatic rings. The highest BCUT2D eigenvalue weighted by molar-refractivity contribution is 5.58. The molecule has 0 radical (unpaired) electrons. The van der Waals surface area contributed by atoms with E-state index < -0.39 is 0 Å². The Morgan fingerprint density at radius 1 is 1.54 bits per heavy atom. The highest BCUT2D eigenvalue weighted by Gasteiger charge is 2.11. The van der Waals surface area contributed by atoms with Gasteiger partial charge in [0.15, 0.2) is 5.65 Å². The fraction of sp³-hybridized carbons (Fsp3) is 0.333. The maximum atomic E-state index is 8.93. The van der Waals surface area contributed by atoms with Crippen LogP contribution in [0.1, 0.15) is 18.2 Å². The van der Waals surface area contributed by atoms with Crippen LogP contribution >= 0.6 is 0 Å². The second-order valence-corrected chi connectivity index (χ2v) is 2.92. The van der Waals surface area contributed by atoms with E-state index in [0.717, 1.165) is 17.9 Å². The van der Waals surface area contributed by atoms with Crippen LogP contribution in [0.25, 0.3) is 5.65 Å². The van der Waals surface area contributed by atoms with Gasteiger partial charge in [0.1, 0.15) is 11.6 Å². The normalized spacial score (nSPS) is 10.5. The minimum absolute atomic E-state index is 0.673. The van der Waals surface area contributed by atoms with Gasteiger partial charge in [-0.3, -0.25) is 0 Å². The molecule has 4 nitrogen and oxygen atoms in total. The van der Waals surface area contributed by atoms with Gasteiger partial charge in [-0.05, 0) is 13.8 Å². The summed E-state index contributed by atoms with van der Waals surface area (Å²) in [6.07, 6.45) is 3.80. The minimum Gasteiger partial charge on any atom is -0.331 e. The summed E-state index contributed by atoms with van der Waals surface area (Å²) >= 11 is 0. The fourth-order valence-electron chi connectivity index (χ4n) is 1.51. The molecule has 0 aliphatic heterocycles. The Hall–Kier alpha value is -1.76. The molecule has 4 heteroatoms. The molecule has 2 rings (SSSR count). The van der Waals surface area contributed by atoms with Crippen LogP contribution in [-0.4, -0.2) is 14.2 Å². The molecule has 0 saturated heterocycles. The quantitative estimate of drug-likeness (QED) is 0.654. The molecule has 13 heavy (non-hydrogen) atoms. The van der Waals surface area contributed by atoms with Crippen molar-refractivity contribution < 1.29 is 0 Å². The fourth-order valence-corrected chi connectivity index (χ4v) is 1.51. The van der Waals surface area contributed by atoms with E-state index in [-0.39, 0.29) is 0 Å². The first-order chi connectivity index (χ1) is 6.27. The van der Waals surface area contributed by atoms with Crippen molar-refractivity contribution in [1.82, 2.24) is 14.2 Å². The molecule has 0 amide bonds. The van der Waals surface area contributed by atoms with Crippen molar-refractivity contribution in [3.63, 3.8) is 0 Å². The summed E-state index contributed by atoms with van der Waals surface area (Å²) < 4.78 is 3.76. The third kappa shape index (κ3) is 0.937. The summed E-state index contributed by atoms with van der Waals surface area (Å²) in [5.41, 5.74) is 2.36. The lowest BCUT2D eigenvalue weighted by atomic mass is 10.3. The molecule has 0 fully saturated rings. The second kappa shape index (κ2) is 2.63. The van der Waals surface area contributed by atoms with Crippen LogP contribution in [0, 0.1) is 18.3 Å². The van der Waals surface area contributed by atoms with Crippen molar-refractivity contribution in [1.29, 1.82) is 5.26 Å². The van der Waals surface area contributed by atoms with Crippen molar-refractivity contribution in [3.05, 3.63) is 23.7 Å². The average Bonchev–Trinajstić information content (AvgIpc) is 2.62. The Labute approximate surface area is 76.0 Å². The molecule has 0 aliphatic carbocycles. The SMILES string of the molecule is CCn1ccn2nc(C)c(C#N)c12. The van der Waals surface area contributed by atoms with Gasteiger partial charge in [0.05, 0.1) is 5.69 Å². The van der Waals surface area contributed by atoms with Gasteiger partial charge in [-0.15, -0.1) is 0 Å². The Balaban J connectivity index is 2.86. The predicted octanol–water partition coefficient (Wildman–Crippen LogP) is 1.34. The first-order valence-corrected chi connectivity index (χ1v) is 4.22. The van der Waals surface area contributed by atoms with Crippen molar-refractivity contribution >= 4 is 5.65 Å². The standard InChI is InChI=1S/C9H10N4/c1-3-12-4-5-13-9(12)8(6-10)7(2)11-13/h4-5H,3H2,1-2H3. The first kappa shape index (κ1) is 7.87. The molecule has 0 N–H and O–H groups in total. The number of rotatable bonds is 1. The smallest absolute Gasteiger partial charge is 0.154 e. The Morgan fingerprint density at radius 2 is 2.31 bits per heavy atom. The van der Waals surface area contributed by atoms with Crippen molar-refractivity contribution in [2.24, 2.45) is 0 Å². The van der Waals surface area contributed by atoms with Gasteiger partial charge in [-0.1, -0.05) is 0 Å². The third-order valence-corrected chi connectivity index (χ3v) is 2.17. The number of hydrogen-bond donors (Lipinski definition) is 0. The lowest BCUT2D eigenvalue weighted by molar-refractivity contribution is 0.788. The molecule has 0 aliphatic rings. The van der Waals surface area contributed by atoms with Crippen LogP contribution in [0.15, 0.2) is 12.4 Å². The third-order valence-electron chi connectivity index (χ3n) is 2.17. The summed E-state index contributed by atoms with van der Waals surface area (Å²) in [4.78, 5) is 0. The van der Waals surface area contributed by atoms with Gasteiger partial charge in [0.2, 0.25) is 0 Å². The maximum absolute atomic E-state index is 8.93.